The third-order valence-corrected chi connectivity index (χ3v) is 13.5. The second kappa shape index (κ2) is 19.9. The maximum absolute atomic E-state index is 10.9. The number of hydrogen-bond donors (Lipinski definition) is 12. The monoisotopic (exact) mass is 1000 g/mol. The number of aromatic nitrogens is 4. The van der Waals surface area contributed by atoms with Gasteiger partial charge in [0.05, 0.1) is 36.0 Å². The molecular weight excluding hydrogens is 953 g/mol. The summed E-state index contributed by atoms with van der Waals surface area (Å²) in [6.07, 6.45) is -7.53. The Kier molecular flexibility index (Phi) is 13.1. The number of phenols is 2. The van der Waals surface area contributed by atoms with Crippen molar-refractivity contribution < 1.29 is 70.0 Å². The number of aromatic hydroxyl groups is 2. The van der Waals surface area contributed by atoms with Crippen LogP contribution >= 0.6 is 0 Å². The third kappa shape index (κ3) is 9.09. The molecule has 3 aromatic heterocycles. The van der Waals surface area contributed by atoms with Gasteiger partial charge in [0.15, 0.2) is 0 Å². The molecule has 8 bridgehead atoms. The van der Waals surface area contributed by atoms with E-state index in [4.69, 9.17) is 28.9 Å². The number of aromatic amines is 2. The maximum atomic E-state index is 10.9. The highest BCUT2D eigenvalue weighted by molar-refractivity contribution is 6.00. The summed E-state index contributed by atoms with van der Waals surface area (Å²) in [5, 5.41) is 105. The minimum absolute atomic E-state index is 0.0267. The zero-order chi connectivity index (χ0) is 51.4. The van der Waals surface area contributed by atoms with Gasteiger partial charge in [0, 0.05) is 44.3 Å². The van der Waals surface area contributed by atoms with E-state index in [0.29, 0.717) is 89.4 Å². The summed E-state index contributed by atoms with van der Waals surface area (Å²) in [6.45, 7) is -1.26. The molecule has 0 unspecified atom stereocenters. The lowest BCUT2D eigenvalue weighted by Crippen LogP contribution is -2.60. The van der Waals surface area contributed by atoms with Gasteiger partial charge in [-0.1, -0.05) is 48.5 Å². The first-order valence-electron chi connectivity index (χ1n) is 23.8. The first-order valence-corrected chi connectivity index (χ1v) is 23.8. The van der Waals surface area contributed by atoms with E-state index < -0.39 is 74.6 Å². The van der Waals surface area contributed by atoms with Crippen LogP contribution in [0.1, 0.15) is 22.8 Å². The van der Waals surface area contributed by atoms with Gasteiger partial charge in [-0.3, -0.25) is 0 Å². The van der Waals surface area contributed by atoms with E-state index in [0.717, 1.165) is 0 Å². The van der Waals surface area contributed by atoms with Crippen molar-refractivity contribution in [1.29, 1.82) is 0 Å². The summed E-state index contributed by atoms with van der Waals surface area (Å²) in [5.41, 5.74) is 9.53. The van der Waals surface area contributed by atoms with Crippen LogP contribution in [0.25, 0.3) is 90.9 Å². The van der Waals surface area contributed by atoms with Crippen LogP contribution in [-0.2, 0) is 9.47 Å². The lowest BCUT2D eigenvalue weighted by molar-refractivity contribution is -0.277. The first kappa shape index (κ1) is 48.5. The van der Waals surface area contributed by atoms with Gasteiger partial charge in [0.2, 0.25) is 12.6 Å². The Morgan fingerprint density at radius 3 is 1.05 bits per heavy atom. The van der Waals surface area contributed by atoms with Crippen molar-refractivity contribution in [2.24, 2.45) is 0 Å². The van der Waals surface area contributed by atoms with Gasteiger partial charge in [0.25, 0.3) is 0 Å². The van der Waals surface area contributed by atoms with Crippen LogP contribution in [-0.4, -0.2) is 146 Å². The fourth-order valence-corrected chi connectivity index (χ4v) is 9.79. The molecule has 11 rings (SSSR count). The second-order valence-corrected chi connectivity index (χ2v) is 18.3. The zero-order valence-corrected chi connectivity index (χ0v) is 39.0. The van der Waals surface area contributed by atoms with E-state index in [1.165, 1.54) is 0 Å². The molecule has 4 aliphatic rings. The molecule has 2 saturated heterocycles. The first-order chi connectivity index (χ1) is 35.8. The minimum Gasteiger partial charge on any atom is -0.508 e. The van der Waals surface area contributed by atoms with Crippen LogP contribution < -0.4 is 9.47 Å². The molecule has 4 aromatic carbocycles. The Balaban J connectivity index is 1.15. The highest BCUT2D eigenvalue weighted by Gasteiger charge is 2.46. The number of rotatable bonds is 10. The number of aliphatic hydroxyl groups is 8. The minimum atomic E-state index is -1.65. The fourth-order valence-electron chi connectivity index (χ4n) is 9.79. The van der Waals surface area contributed by atoms with Crippen LogP contribution in [0.2, 0.25) is 0 Å². The van der Waals surface area contributed by atoms with Gasteiger partial charge >= 0.3 is 0 Å². The number of H-pyrrole nitrogens is 2. The smallest absolute Gasteiger partial charge is 0.229 e. The van der Waals surface area contributed by atoms with Crippen molar-refractivity contribution in [2.75, 3.05) is 13.2 Å². The van der Waals surface area contributed by atoms with Crippen LogP contribution in [0, 0.1) is 0 Å². The molecule has 7 aromatic rings. The predicted molar refractivity (Wildman–Crippen MR) is 273 cm³/mol. The number of nitrogens with zero attached hydrogens (tertiary/aromatic N) is 2. The van der Waals surface area contributed by atoms with E-state index in [1.54, 1.807) is 72.8 Å². The Morgan fingerprint density at radius 2 is 0.730 bits per heavy atom. The SMILES string of the molecule is OC[C@H]1O[C@@H](Oc2cccc(-c3c4nc(c(-c5cccc(O)c5)c5ccc([nH]5)c(-c5cccc(O[C@@H]6O[C@H](CO)[C@@H](O)[C@H](O)[C@H]6O)c5)c5nc(c(-c6cccc(O)c6)c6ccc3[nH]6)C=C5)C=C4)c2)[C@H](O)[C@@H](O)[C@@H]1O. The van der Waals surface area contributed by atoms with E-state index in [-0.39, 0.29) is 23.0 Å². The van der Waals surface area contributed by atoms with Crippen molar-refractivity contribution in [3.63, 3.8) is 0 Å². The summed E-state index contributed by atoms with van der Waals surface area (Å²) < 4.78 is 23.6. The molecule has 4 aliphatic heterocycles. The summed E-state index contributed by atoms with van der Waals surface area (Å²) in [6, 6.07) is 35.1. The average molecular weight is 1000 g/mol. The zero-order valence-electron chi connectivity index (χ0n) is 39.0. The van der Waals surface area contributed by atoms with Gasteiger partial charge in [0.1, 0.15) is 71.8 Å². The third-order valence-electron chi connectivity index (χ3n) is 13.5. The molecule has 0 radical (unpaired) electrons. The molecule has 10 atom stereocenters. The van der Waals surface area contributed by atoms with Gasteiger partial charge in [-0.15, -0.1) is 0 Å². The summed E-state index contributed by atoms with van der Waals surface area (Å²) in [5.74, 6) is 0.516. The predicted octanol–water partition coefficient (Wildman–Crippen LogP) is 5.09. The molecule has 0 aliphatic carbocycles. The molecule has 0 saturated carbocycles. The largest absolute Gasteiger partial charge is 0.508 e. The Hall–Kier alpha value is -7.72. The van der Waals surface area contributed by atoms with E-state index in [1.807, 2.05) is 72.8 Å². The van der Waals surface area contributed by atoms with Gasteiger partial charge < -0.3 is 80.0 Å². The van der Waals surface area contributed by atoms with Gasteiger partial charge in [-0.2, -0.15) is 0 Å². The highest BCUT2D eigenvalue weighted by Crippen LogP contribution is 2.41. The van der Waals surface area contributed by atoms with E-state index in [9.17, 15) is 51.1 Å². The molecule has 18 nitrogen and oxygen atoms in total. The van der Waals surface area contributed by atoms with Crippen LogP contribution in [0.5, 0.6) is 23.0 Å². The van der Waals surface area contributed by atoms with Gasteiger partial charge in [-0.25, -0.2) is 9.97 Å². The number of aliphatic hydroxyl groups excluding tert-OH is 8. The van der Waals surface area contributed by atoms with Crippen molar-refractivity contribution in [3.05, 3.63) is 144 Å². The molecule has 12 N–H and O–H groups in total. The molecule has 0 spiro atoms. The molecule has 2 fully saturated rings. The normalized spacial score (nSPS) is 24.5. The van der Waals surface area contributed by atoms with Crippen molar-refractivity contribution in [3.8, 4) is 67.5 Å². The Bertz CT molecular complexity index is 3270. The van der Waals surface area contributed by atoms with E-state index in [2.05, 4.69) is 9.97 Å². The van der Waals surface area contributed by atoms with Crippen LogP contribution in [0.15, 0.2) is 121 Å². The molecule has 74 heavy (non-hydrogen) atoms. The summed E-state index contributed by atoms with van der Waals surface area (Å²) in [4.78, 5) is 17.8. The average Bonchev–Trinajstić information content (AvgIpc) is 4.26. The quantitative estimate of drug-likeness (QED) is 0.0849. The number of hydrogen-bond acceptors (Lipinski definition) is 16. The van der Waals surface area contributed by atoms with Crippen LogP contribution in [0.4, 0.5) is 0 Å². The number of nitrogens with one attached hydrogen (secondary N) is 2. The topological polar surface area (TPSA) is 297 Å². The fraction of sp³-hybridized carbons (Fsp3) is 0.214. The summed E-state index contributed by atoms with van der Waals surface area (Å²) >= 11 is 0. The Morgan fingerprint density at radius 1 is 0.405 bits per heavy atom. The second-order valence-electron chi connectivity index (χ2n) is 18.3. The number of ether oxygens (including phenoxy) is 4. The van der Waals surface area contributed by atoms with Crippen molar-refractivity contribution in [2.45, 2.75) is 61.4 Å². The lowest BCUT2D eigenvalue weighted by Gasteiger charge is -2.39. The lowest BCUT2D eigenvalue weighted by atomic mass is 9.99. The van der Waals surface area contributed by atoms with E-state index >= 15 is 0 Å². The highest BCUT2D eigenvalue weighted by atomic mass is 16.7. The molecule has 378 valence electrons. The van der Waals surface area contributed by atoms with Crippen LogP contribution in [0.3, 0.4) is 0 Å². The summed E-state index contributed by atoms with van der Waals surface area (Å²) in [7, 11) is 0. The van der Waals surface area contributed by atoms with Gasteiger partial charge in [-0.05, 0) is 119 Å². The molecule has 18 heteroatoms. The molecule has 0 amide bonds. The maximum Gasteiger partial charge on any atom is 0.229 e. The molecular formula is C56H50N4O14. The standard InChI is InChI=1S/C56H50N4O14/c61-25-43-49(65)51(67)53(69)55(73-43)71-33-11-3-7-29(23-33)47-39-17-13-35(57-39)45(27-5-1-9-31(63)21-27)36-14-18-40(58-36)48(30-8-4-12-34(24-30)72-56-54(70)52(68)50(66)44(26-62)74-56)42-20-16-38(60-42)46(37-15-19-41(47)59-37)28-6-2-10-32(64)22-28/h1-24,43-44,49-57,60-70H,25-26H2/t43-,44-,49-,50-,51+,52+,53-,54-,55-,56-/m1/s1. The number of benzene rings is 4. The Labute approximate surface area is 421 Å². The number of fused-ring (bicyclic) bond motifs is 8. The van der Waals surface area contributed by atoms with Crippen molar-refractivity contribution >= 4 is 46.4 Å². The molecule has 7 heterocycles. The van der Waals surface area contributed by atoms with Crippen molar-refractivity contribution in [1.82, 2.24) is 19.9 Å². The number of phenolic OH excluding ortho intramolecular Hbond substituents is 2.